The van der Waals surface area contributed by atoms with E-state index in [-0.39, 0.29) is 0 Å². The van der Waals surface area contributed by atoms with E-state index in [9.17, 15) is 0 Å². The summed E-state index contributed by atoms with van der Waals surface area (Å²) >= 11 is 5.17. The van der Waals surface area contributed by atoms with Crippen molar-refractivity contribution in [2.45, 2.75) is 13.2 Å². The fourth-order valence-electron chi connectivity index (χ4n) is 1.78. The molecule has 0 unspecified atom stereocenters. The summed E-state index contributed by atoms with van der Waals surface area (Å²) in [5.74, 6) is 2.34. The van der Waals surface area contributed by atoms with Crippen LogP contribution in [0.25, 0.3) is 0 Å². The van der Waals surface area contributed by atoms with E-state index in [4.69, 9.17) is 4.74 Å². The normalized spacial score (nSPS) is 10.6. The van der Waals surface area contributed by atoms with E-state index in [0.717, 1.165) is 22.0 Å². The molecule has 0 amide bonds. The molecule has 0 fully saturated rings. The second-order valence-corrected chi connectivity index (χ2v) is 6.62. The lowest BCUT2D eigenvalue weighted by atomic mass is 10.3. The first kappa shape index (κ1) is 15.2. The molecule has 0 bridgehead atoms. The molecule has 0 aliphatic heterocycles. The first-order valence-electron chi connectivity index (χ1n) is 6.11. The van der Waals surface area contributed by atoms with Crippen LogP contribution in [0, 0.1) is 0 Å². The smallest absolute Gasteiger partial charge is 0.158 e. The molecule has 0 aromatic carbocycles. The fraction of sp³-hybridized carbons (Fsp3) is 0.385. The Morgan fingerprint density at radius 3 is 2.80 bits per heavy atom. The molecule has 2 rings (SSSR count). The maximum atomic E-state index is 5.11. The van der Waals surface area contributed by atoms with Crippen LogP contribution >= 0.6 is 27.3 Å². The van der Waals surface area contributed by atoms with Crippen molar-refractivity contribution in [3.63, 3.8) is 0 Å². The molecule has 0 radical (unpaired) electrons. The average Bonchev–Trinajstić information content (AvgIpc) is 2.84. The van der Waals surface area contributed by atoms with Gasteiger partial charge in [0.05, 0.1) is 3.79 Å². The van der Waals surface area contributed by atoms with E-state index < -0.39 is 0 Å². The van der Waals surface area contributed by atoms with E-state index in [1.165, 1.54) is 5.56 Å². The van der Waals surface area contributed by atoms with Crippen LogP contribution in [-0.2, 0) is 17.9 Å². The van der Waals surface area contributed by atoms with Crippen LogP contribution in [-0.4, -0.2) is 31.2 Å². The monoisotopic (exact) mass is 356 g/mol. The molecule has 1 N–H and O–H groups in total. The van der Waals surface area contributed by atoms with Gasteiger partial charge in [-0.05, 0) is 32.9 Å². The van der Waals surface area contributed by atoms with Gasteiger partial charge in [-0.2, -0.15) is 0 Å². The number of halogens is 1. The van der Waals surface area contributed by atoms with Gasteiger partial charge in [0.15, 0.2) is 5.82 Å². The minimum absolute atomic E-state index is 0.403. The maximum absolute atomic E-state index is 5.11. The summed E-state index contributed by atoms with van der Waals surface area (Å²) in [6.45, 7) is 1.20. The Morgan fingerprint density at radius 1 is 1.40 bits per heavy atom. The molecule has 2 aromatic heterocycles. The number of thiophene rings is 1. The van der Waals surface area contributed by atoms with E-state index >= 15 is 0 Å². The average molecular weight is 357 g/mol. The molecule has 0 aliphatic carbocycles. The largest absolute Gasteiger partial charge is 0.377 e. The van der Waals surface area contributed by atoms with Crippen molar-refractivity contribution in [1.29, 1.82) is 0 Å². The fourth-order valence-corrected chi connectivity index (χ4v) is 2.98. The SMILES string of the molecule is CNc1cc(N(C)Cc2csc(Br)c2)nc(COC)n1. The van der Waals surface area contributed by atoms with Gasteiger partial charge in [-0.15, -0.1) is 11.3 Å². The van der Waals surface area contributed by atoms with Gasteiger partial charge < -0.3 is 15.0 Å². The molecular weight excluding hydrogens is 340 g/mol. The van der Waals surface area contributed by atoms with Gasteiger partial charge in [0, 0.05) is 33.8 Å². The van der Waals surface area contributed by atoms with Gasteiger partial charge in [-0.3, -0.25) is 0 Å². The highest BCUT2D eigenvalue weighted by Gasteiger charge is 2.09. The Bertz CT molecular complexity index is 575. The number of hydrogen-bond donors (Lipinski definition) is 1. The second kappa shape index (κ2) is 7.01. The third kappa shape index (κ3) is 3.91. The lowest BCUT2D eigenvalue weighted by Gasteiger charge is -2.19. The minimum Gasteiger partial charge on any atom is -0.377 e. The highest BCUT2D eigenvalue weighted by atomic mass is 79.9. The number of hydrogen-bond acceptors (Lipinski definition) is 6. The van der Waals surface area contributed by atoms with Crippen molar-refractivity contribution in [3.05, 3.63) is 32.7 Å². The summed E-state index contributed by atoms with van der Waals surface area (Å²) in [5.41, 5.74) is 1.25. The van der Waals surface area contributed by atoms with Crippen LogP contribution in [0.2, 0.25) is 0 Å². The molecule has 0 saturated heterocycles. The highest BCUT2D eigenvalue weighted by Crippen LogP contribution is 2.23. The van der Waals surface area contributed by atoms with Crippen molar-refractivity contribution >= 4 is 38.9 Å². The third-order valence-electron chi connectivity index (χ3n) is 2.72. The van der Waals surface area contributed by atoms with Crippen molar-refractivity contribution < 1.29 is 4.74 Å². The topological polar surface area (TPSA) is 50.3 Å². The van der Waals surface area contributed by atoms with Crippen molar-refractivity contribution in [2.75, 3.05) is 31.4 Å². The van der Waals surface area contributed by atoms with E-state index in [1.54, 1.807) is 18.4 Å². The molecule has 20 heavy (non-hydrogen) atoms. The molecule has 0 saturated carbocycles. The summed E-state index contributed by atoms with van der Waals surface area (Å²) in [6.07, 6.45) is 0. The van der Waals surface area contributed by atoms with Gasteiger partial charge in [-0.1, -0.05) is 0 Å². The van der Waals surface area contributed by atoms with Crippen LogP contribution in [0.15, 0.2) is 21.3 Å². The van der Waals surface area contributed by atoms with E-state index in [2.05, 4.69) is 47.6 Å². The number of nitrogens with zero attached hydrogens (tertiary/aromatic N) is 3. The molecule has 5 nitrogen and oxygen atoms in total. The Labute approximate surface area is 131 Å². The van der Waals surface area contributed by atoms with Crippen molar-refractivity contribution in [1.82, 2.24) is 9.97 Å². The summed E-state index contributed by atoms with van der Waals surface area (Å²) in [5, 5.41) is 5.19. The van der Waals surface area contributed by atoms with Crippen molar-refractivity contribution in [3.8, 4) is 0 Å². The van der Waals surface area contributed by atoms with E-state index in [1.807, 2.05) is 20.2 Å². The maximum Gasteiger partial charge on any atom is 0.158 e. The van der Waals surface area contributed by atoms with Crippen LogP contribution < -0.4 is 10.2 Å². The molecule has 2 heterocycles. The minimum atomic E-state index is 0.403. The first-order chi connectivity index (χ1) is 9.62. The van der Waals surface area contributed by atoms with Crippen molar-refractivity contribution in [2.24, 2.45) is 0 Å². The molecular formula is C13H17BrN4OS. The highest BCUT2D eigenvalue weighted by molar-refractivity contribution is 9.11. The molecule has 2 aromatic rings. The Kier molecular flexibility index (Phi) is 5.33. The lowest BCUT2D eigenvalue weighted by molar-refractivity contribution is 0.178. The van der Waals surface area contributed by atoms with Gasteiger partial charge in [0.2, 0.25) is 0 Å². The predicted molar refractivity (Wildman–Crippen MR) is 86.4 cm³/mol. The Hall–Kier alpha value is -1.18. The summed E-state index contributed by atoms with van der Waals surface area (Å²) in [6, 6.07) is 4.05. The molecule has 0 spiro atoms. The molecule has 0 atom stereocenters. The number of methoxy groups -OCH3 is 1. The summed E-state index contributed by atoms with van der Waals surface area (Å²) in [4.78, 5) is 11.0. The zero-order valence-corrected chi connectivity index (χ0v) is 14.1. The first-order valence-corrected chi connectivity index (χ1v) is 7.78. The summed E-state index contributed by atoms with van der Waals surface area (Å²) in [7, 11) is 5.50. The number of aromatic nitrogens is 2. The zero-order chi connectivity index (χ0) is 14.5. The van der Waals surface area contributed by atoms with Gasteiger partial charge in [0.1, 0.15) is 18.2 Å². The quantitative estimate of drug-likeness (QED) is 0.861. The predicted octanol–water partition coefficient (Wildman–Crippen LogP) is 3.13. The van der Waals surface area contributed by atoms with Gasteiger partial charge >= 0.3 is 0 Å². The van der Waals surface area contributed by atoms with E-state index in [0.29, 0.717) is 12.4 Å². The molecule has 7 heteroatoms. The number of anilines is 2. The van der Waals surface area contributed by atoms with Crippen LogP contribution in [0.3, 0.4) is 0 Å². The van der Waals surface area contributed by atoms with Gasteiger partial charge in [-0.25, -0.2) is 9.97 Å². The third-order valence-corrected chi connectivity index (χ3v) is 4.27. The zero-order valence-electron chi connectivity index (χ0n) is 11.7. The van der Waals surface area contributed by atoms with Crippen LogP contribution in [0.4, 0.5) is 11.6 Å². The second-order valence-electron chi connectivity index (χ2n) is 4.33. The molecule has 0 aliphatic rings. The number of nitrogens with one attached hydrogen (secondary N) is 1. The van der Waals surface area contributed by atoms with Crippen LogP contribution in [0.5, 0.6) is 0 Å². The van der Waals surface area contributed by atoms with Crippen LogP contribution in [0.1, 0.15) is 11.4 Å². The lowest BCUT2D eigenvalue weighted by Crippen LogP contribution is -2.19. The van der Waals surface area contributed by atoms with Gasteiger partial charge in [0.25, 0.3) is 0 Å². The molecule has 108 valence electrons. The number of ether oxygens (including phenoxy) is 1. The Balaban J connectivity index is 2.19. The standard InChI is InChI=1S/C13H17BrN4OS/c1-15-11-5-13(17-12(16-11)7-19-3)18(2)6-9-4-10(14)20-8-9/h4-5,8H,6-7H2,1-3H3,(H,15,16,17). The summed E-state index contributed by atoms with van der Waals surface area (Å²) < 4.78 is 6.25. The Morgan fingerprint density at radius 2 is 2.20 bits per heavy atom. The number of rotatable bonds is 6.